The van der Waals surface area contributed by atoms with E-state index >= 15 is 0 Å². The quantitative estimate of drug-likeness (QED) is 0.320. The summed E-state index contributed by atoms with van der Waals surface area (Å²) < 4.78 is 35.5. The molecule has 5 aromatic rings. The van der Waals surface area contributed by atoms with Crippen LogP contribution in [0.2, 0.25) is 0 Å². The van der Waals surface area contributed by atoms with Crippen LogP contribution in [0.3, 0.4) is 0 Å². The van der Waals surface area contributed by atoms with Crippen LogP contribution >= 0.6 is 0 Å². The monoisotopic (exact) mass is 420 g/mol. The molecule has 0 aliphatic rings. The molecule has 5 rings (SSSR count). The van der Waals surface area contributed by atoms with Crippen molar-refractivity contribution in [1.82, 2.24) is 9.55 Å². The van der Waals surface area contributed by atoms with Crippen molar-refractivity contribution in [2.45, 2.75) is 11.8 Å². The Bertz CT molecular complexity index is 1780. The summed E-state index contributed by atoms with van der Waals surface area (Å²) in [6, 6.07) is 13.4. The van der Waals surface area contributed by atoms with Gasteiger partial charge in [-0.05, 0) is 42.8 Å². The number of H-pyrrole nitrogens is 1. The lowest BCUT2D eigenvalue weighted by atomic mass is 10.0. The van der Waals surface area contributed by atoms with Crippen molar-refractivity contribution < 1.29 is 13.0 Å². The van der Waals surface area contributed by atoms with Gasteiger partial charge in [-0.1, -0.05) is 18.2 Å². The molecular weight excluding hydrogens is 404 g/mol. The van der Waals surface area contributed by atoms with Crippen molar-refractivity contribution in [1.29, 1.82) is 0 Å². The molecule has 0 atom stereocenters. The first-order valence-corrected chi connectivity index (χ1v) is 10.6. The van der Waals surface area contributed by atoms with E-state index in [0.29, 0.717) is 32.8 Å². The maximum Gasteiger partial charge on any atom is 0.296 e. The maximum absolute atomic E-state index is 13.2. The summed E-state index contributed by atoms with van der Waals surface area (Å²) in [6.45, 7) is 1.54. The lowest BCUT2D eigenvalue weighted by molar-refractivity contribution is 0.483. The van der Waals surface area contributed by atoms with E-state index in [1.807, 2.05) is 23.7 Å². The molecule has 0 aliphatic heterocycles. The van der Waals surface area contributed by atoms with Gasteiger partial charge < -0.3 is 9.55 Å². The van der Waals surface area contributed by atoms with Gasteiger partial charge in [-0.25, -0.2) is 0 Å². The van der Waals surface area contributed by atoms with Gasteiger partial charge >= 0.3 is 0 Å². The van der Waals surface area contributed by atoms with E-state index in [2.05, 4.69) is 4.98 Å². The molecule has 0 saturated carbocycles. The van der Waals surface area contributed by atoms with Crippen LogP contribution < -0.4 is 10.9 Å². The SMILES string of the molecule is Cc1ccc2c(=O)c3cc4c(cc3[nH]c2c1S(=O)(=O)O)c(=O)c1ccccc1n4C. The molecule has 0 spiro atoms. The number of fused-ring (bicyclic) bond motifs is 4. The van der Waals surface area contributed by atoms with Crippen molar-refractivity contribution in [2.24, 2.45) is 7.05 Å². The van der Waals surface area contributed by atoms with Crippen LogP contribution in [0.1, 0.15) is 5.56 Å². The number of para-hydroxylation sites is 1. The molecule has 0 amide bonds. The number of aromatic nitrogens is 2. The predicted molar refractivity (Wildman–Crippen MR) is 117 cm³/mol. The highest BCUT2D eigenvalue weighted by Gasteiger charge is 2.21. The normalized spacial score (nSPS) is 12.4. The highest BCUT2D eigenvalue weighted by atomic mass is 32.2. The first-order chi connectivity index (χ1) is 14.2. The van der Waals surface area contributed by atoms with Gasteiger partial charge in [-0.3, -0.25) is 14.1 Å². The molecule has 0 saturated heterocycles. The van der Waals surface area contributed by atoms with Crippen LogP contribution in [0.5, 0.6) is 0 Å². The standard InChI is InChI=1S/C22H16N2O5S/c1-11-7-8-13-19(22(11)30(27,28)29)23-16-9-15-18(10-14(16)21(13)26)24(2)17-6-4-3-5-12(17)20(15)25/h3-10H,1-2H3,(H,23,26)(H,27,28,29). The second kappa shape index (κ2) is 6.01. The molecule has 0 radical (unpaired) electrons. The van der Waals surface area contributed by atoms with Crippen LogP contribution in [0.25, 0.3) is 43.6 Å². The van der Waals surface area contributed by atoms with E-state index in [1.165, 1.54) is 19.1 Å². The second-order valence-electron chi connectivity index (χ2n) is 7.38. The number of pyridine rings is 2. The molecule has 2 aromatic heterocycles. The molecular formula is C22H16N2O5S. The van der Waals surface area contributed by atoms with Gasteiger partial charge in [0.25, 0.3) is 10.1 Å². The molecule has 0 aliphatic carbocycles. The fourth-order valence-electron chi connectivity index (χ4n) is 4.18. The van der Waals surface area contributed by atoms with Gasteiger partial charge in [0.1, 0.15) is 4.90 Å². The Morgan fingerprint density at radius 2 is 1.57 bits per heavy atom. The molecule has 0 bridgehead atoms. The summed E-state index contributed by atoms with van der Waals surface area (Å²) in [5.41, 5.74) is 1.43. The van der Waals surface area contributed by atoms with E-state index in [9.17, 15) is 22.6 Å². The summed E-state index contributed by atoms with van der Waals surface area (Å²) in [5, 5.41) is 1.42. The van der Waals surface area contributed by atoms with Crippen molar-refractivity contribution >= 4 is 53.7 Å². The van der Waals surface area contributed by atoms with Crippen molar-refractivity contribution in [3.63, 3.8) is 0 Å². The molecule has 7 nitrogen and oxygen atoms in total. The first kappa shape index (κ1) is 18.5. The number of benzene rings is 3. The average Bonchev–Trinajstić information content (AvgIpc) is 2.70. The van der Waals surface area contributed by atoms with Crippen molar-refractivity contribution in [2.75, 3.05) is 0 Å². The molecule has 0 unspecified atom stereocenters. The summed E-state index contributed by atoms with van der Waals surface area (Å²) in [5.74, 6) is 0. The van der Waals surface area contributed by atoms with Gasteiger partial charge in [-0.2, -0.15) is 8.42 Å². The number of aryl methyl sites for hydroxylation is 2. The van der Waals surface area contributed by atoms with Crippen LogP contribution in [-0.2, 0) is 17.2 Å². The number of hydrogen-bond acceptors (Lipinski definition) is 4. The first-order valence-electron chi connectivity index (χ1n) is 9.17. The number of hydrogen-bond donors (Lipinski definition) is 2. The molecule has 150 valence electrons. The van der Waals surface area contributed by atoms with E-state index < -0.39 is 10.1 Å². The molecule has 8 heteroatoms. The van der Waals surface area contributed by atoms with Gasteiger partial charge in [0.2, 0.25) is 0 Å². The summed E-state index contributed by atoms with van der Waals surface area (Å²) in [4.78, 5) is 28.9. The van der Waals surface area contributed by atoms with Crippen LogP contribution in [-0.4, -0.2) is 22.5 Å². The third-order valence-corrected chi connectivity index (χ3v) is 6.66. The molecule has 0 fully saturated rings. The Hall–Kier alpha value is -3.49. The Morgan fingerprint density at radius 1 is 0.867 bits per heavy atom. The van der Waals surface area contributed by atoms with Gasteiger partial charge in [0, 0.05) is 28.6 Å². The molecule has 2 N–H and O–H groups in total. The van der Waals surface area contributed by atoms with E-state index in [0.717, 1.165) is 5.52 Å². The molecule has 30 heavy (non-hydrogen) atoms. The van der Waals surface area contributed by atoms with E-state index in [1.54, 1.807) is 24.3 Å². The van der Waals surface area contributed by atoms with Gasteiger partial charge in [0.05, 0.1) is 22.1 Å². The number of rotatable bonds is 1. The Morgan fingerprint density at radius 3 is 2.30 bits per heavy atom. The zero-order valence-electron chi connectivity index (χ0n) is 16.1. The topological polar surface area (TPSA) is 109 Å². The minimum Gasteiger partial charge on any atom is -0.353 e. The third-order valence-electron chi connectivity index (χ3n) is 5.61. The summed E-state index contributed by atoms with van der Waals surface area (Å²) >= 11 is 0. The van der Waals surface area contributed by atoms with E-state index in [-0.39, 0.29) is 26.7 Å². The molecule has 3 aromatic carbocycles. The third kappa shape index (κ3) is 2.44. The largest absolute Gasteiger partial charge is 0.353 e. The van der Waals surface area contributed by atoms with Gasteiger partial charge in [0.15, 0.2) is 10.9 Å². The van der Waals surface area contributed by atoms with Crippen molar-refractivity contribution in [3.05, 3.63) is 74.5 Å². The van der Waals surface area contributed by atoms with Crippen LogP contribution in [0, 0.1) is 6.92 Å². The average molecular weight is 420 g/mol. The Kier molecular flexibility index (Phi) is 3.71. The zero-order chi connectivity index (χ0) is 21.4. The summed E-state index contributed by atoms with van der Waals surface area (Å²) in [6.07, 6.45) is 0. The maximum atomic E-state index is 13.2. The second-order valence-corrected chi connectivity index (χ2v) is 8.74. The lowest BCUT2D eigenvalue weighted by Crippen LogP contribution is -2.12. The minimum absolute atomic E-state index is 0.0203. The number of nitrogens with one attached hydrogen (secondary N) is 1. The van der Waals surface area contributed by atoms with Crippen LogP contribution in [0.15, 0.2) is 63.0 Å². The van der Waals surface area contributed by atoms with Gasteiger partial charge in [-0.15, -0.1) is 0 Å². The highest BCUT2D eigenvalue weighted by Crippen LogP contribution is 2.27. The van der Waals surface area contributed by atoms with Crippen molar-refractivity contribution in [3.8, 4) is 0 Å². The summed E-state index contributed by atoms with van der Waals surface area (Å²) in [7, 11) is -2.74. The number of nitrogens with zero attached hydrogens (tertiary/aromatic N) is 1. The fourth-order valence-corrected chi connectivity index (χ4v) is 5.08. The van der Waals surface area contributed by atoms with Crippen LogP contribution in [0.4, 0.5) is 0 Å². The predicted octanol–water partition coefficient (Wildman–Crippen LogP) is 3.24. The Labute approximate surface area is 169 Å². The highest BCUT2D eigenvalue weighted by molar-refractivity contribution is 7.86. The minimum atomic E-state index is -4.57. The zero-order valence-corrected chi connectivity index (χ0v) is 16.9. The Balaban J connectivity index is 2.06. The fraction of sp³-hybridized carbons (Fsp3) is 0.0909. The number of aromatic amines is 1. The lowest BCUT2D eigenvalue weighted by Gasteiger charge is -2.13. The molecule has 2 heterocycles. The smallest absolute Gasteiger partial charge is 0.296 e. The van der Waals surface area contributed by atoms with E-state index in [4.69, 9.17) is 0 Å².